The fourth-order valence-electron chi connectivity index (χ4n) is 3.71. The Morgan fingerprint density at radius 1 is 1.33 bits per heavy atom. The van der Waals surface area contributed by atoms with Gasteiger partial charge in [0.2, 0.25) is 11.8 Å². The molecule has 0 aliphatic carbocycles. The third kappa shape index (κ3) is 3.64. The number of carbonyl (C=O) groups excluding carboxylic acids is 1. The Morgan fingerprint density at radius 2 is 2.04 bits per heavy atom. The highest BCUT2D eigenvalue weighted by molar-refractivity contribution is 7.91. The highest BCUT2D eigenvalue weighted by Gasteiger charge is 2.35. The SMILES string of the molecule is CCc1c(C)noc1NC(=O)C1CCN(C2CCS(=O)(=O)C2)CC1. The summed E-state index contributed by atoms with van der Waals surface area (Å²) in [5.41, 5.74) is 1.75. The van der Waals surface area contributed by atoms with Gasteiger partial charge in [-0.25, -0.2) is 8.42 Å². The van der Waals surface area contributed by atoms with E-state index in [0.717, 1.165) is 50.0 Å². The maximum absolute atomic E-state index is 12.5. The lowest BCUT2D eigenvalue weighted by Crippen LogP contribution is -2.44. The van der Waals surface area contributed by atoms with Crippen molar-refractivity contribution in [1.82, 2.24) is 10.1 Å². The lowest BCUT2D eigenvalue weighted by Gasteiger charge is -2.34. The summed E-state index contributed by atoms with van der Waals surface area (Å²) in [6.45, 7) is 5.41. The van der Waals surface area contributed by atoms with Crippen LogP contribution in [0.25, 0.3) is 0 Å². The van der Waals surface area contributed by atoms with Gasteiger partial charge in [-0.15, -0.1) is 0 Å². The normalized spacial score (nSPS) is 25.0. The number of carbonyl (C=O) groups is 1. The molecule has 7 nitrogen and oxygen atoms in total. The summed E-state index contributed by atoms with van der Waals surface area (Å²) in [6, 6.07) is 0.127. The number of hydrogen-bond acceptors (Lipinski definition) is 6. The highest BCUT2D eigenvalue weighted by Crippen LogP contribution is 2.26. The summed E-state index contributed by atoms with van der Waals surface area (Å²) in [5, 5.41) is 6.78. The van der Waals surface area contributed by atoms with Crippen molar-refractivity contribution in [3.05, 3.63) is 11.3 Å². The van der Waals surface area contributed by atoms with Gasteiger partial charge >= 0.3 is 0 Å². The van der Waals surface area contributed by atoms with Crippen molar-refractivity contribution in [1.29, 1.82) is 0 Å². The summed E-state index contributed by atoms with van der Waals surface area (Å²) in [7, 11) is -2.86. The predicted molar refractivity (Wildman–Crippen MR) is 90.6 cm³/mol. The van der Waals surface area contributed by atoms with E-state index in [-0.39, 0.29) is 23.6 Å². The quantitative estimate of drug-likeness (QED) is 0.877. The zero-order valence-electron chi connectivity index (χ0n) is 14.2. The average Bonchev–Trinajstić information content (AvgIpc) is 3.09. The second-order valence-electron chi connectivity index (χ2n) is 6.79. The van der Waals surface area contributed by atoms with E-state index >= 15 is 0 Å². The Bertz CT molecular complexity index is 705. The van der Waals surface area contributed by atoms with Gasteiger partial charge in [0.05, 0.1) is 17.2 Å². The van der Waals surface area contributed by atoms with Gasteiger partial charge < -0.3 is 4.52 Å². The van der Waals surface area contributed by atoms with Gasteiger partial charge in [0.25, 0.3) is 0 Å². The Hall–Kier alpha value is -1.41. The van der Waals surface area contributed by atoms with Crippen LogP contribution in [0.4, 0.5) is 5.88 Å². The second-order valence-corrected chi connectivity index (χ2v) is 9.01. The number of aromatic nitrogens is 1. The van der Waals surface area contributed by atoms with Gasteiger partial charge in [-0.3, -0.25) is 15.0 Å². The zero-order valence-corrected chi connectivity index (χ0v) is 15.1. The Labute approximate surface area is 142 Å². The molecule has 0 radical (unpaired) electrons. The van der Waals surface area contributed by atoms with Crippen LogP contribution < -0.4 is 5.32 Å². The molecule has 0 saturated carbocycles. The molecule has 0 aromatic carbocycles. The molecule has 1 N–H and O–H groups in total. The van der Waals surface area contributed by atoms with Crippen molar-refractivity contribution in [3.63, 3.8) is 0 Å². The average molecular weight is 355 g/mol. The number of anilines is 1. The molecule has 0 spiro atoms. The van der Waals surface area contributed by atoms with E-state index in [1.807, 2.05) is 13.8 Å². The van der Waals surface area contributed by atoms with Crippen LogP contribution in [-0.2, 0) is 21.1 Å². The molecule has 8 heteroatoms. The number of likely N-dealkylation sites (tertiary alicyclic amines) is 1. The summed E-state index contributed by atoms with van der Waals surface area (Å²) >= 11 is 0. The predicted octanol–water partition coefficient (Wildman–Crippen LogP) is 1.38. The fraction of sp³-hybridized carbons (Fsp3) is 0.750. The number of piperidine rings is 1. The molecule has 1 amide bonds. The summed E-state index contributed by atoms with van der Waals surface area (Å²) in [5.74, 6) is 0.933. The molecule has 2 aliphatic heterocycles. The van der Waals surface area contributed by atoms with Crippen LogP contribution in [0.3, 0.4) is 0 Å². The van der Waals surface area contributed by atoms with E-state index in [9.17, 15) is 13.2 Å². The molecule has 1 unspecified atom stereocenters. The molecule has 134 valence electrons. The molecular weight excluding hydrogens is 330 g/mol. The van der Waals surface area contributed by atoms with Crippen molar-refractivity contribution >= 4 is 21.6 Å². The van der Waals surface area contributed by atoms with E-state index in [2.05, 4.69) is 15.4 Å². The van der Waals surface area contributed by atoms with E-state index in [4.69, 9.17) is 4.52 Å². The largest absolute Gasteiger partial charge is 0.338 e. The van der Waals surface area contributed by atoms with E-state index < -0.39 is 9.84 Å². The first-order valence-electron chi connectivity index (χ1n) is 8.60. The molecule has 1 atom stereocenters. The number of amides is 1. The maximum atomic E-state index is 12.5. The van der Waals surface area contributed by atoms with E-state index in [1.54, 1.807) is 0 Å². The van der Waals surface area contributed by atoms with Crippen molar-refractivity contribution in [2.24, 2.45) is 5.92 Å². The summed E-state index contributed by atoms with van der Waals surface area (Å²) in [6.07, 6.45) is 2.98. The van der Waals surface area contributed by atoms with Crippen molar-refractivity contribution in [3.8, 4) is 0 Å². The number of nitrogens with zero attached hydrogens (tertiary/aromatic N) is 2. The van der Waals surface area contributed by atoms with Crippen LogP contribution in [0.2, 0.25) is 0 Å². The lowest BCUT2D eigenvalue weighted by molar-refractivity contribution is -0.121. The zero-order chi connectivity index (χ0) is 17.3. The number of sulfone groups is 1. The van der Waals surface area contributed by atoms with Crippen LogP contribution in [0.15, 0.2) is 4.52 Å². The lowest BCUT2D eigenvalue weighted by atomic mass is 9.94. The molecule has 1 aromatic rings. The Balaban J connectivity index is 1.54. The first kappa shape index (κ1) is 17.4. The molecule has 24 heavy (non-hydrogen) atoms. The van der Waals surface area contributed by atoms with Crippen molar-refractivity contribution in [2.75, 3.05) is 29.9 Å². The van der Waals surface area contributed by atoms with Crippen molar-refractivity contribution < 1.29 is 17.7 Å². The van der Waals surface area contributed by atoms with Crippen LogP contribution in [0.5, 0.6) is 0 Å². The van der Waals surface area contributed by atoms with Gasteiger partial charge in [-0.2, -0.15) is 0 Å². The van der Waals surface area contributed by atoms with Gasteiger partial charge in [0, 0.05) is 17.5 Å². The third-order valence-electron chi connectivity index (χ3n) is 5.20. The monoisotopic (exact) mass is 355 g/mol. The molecule has 2 aliphatic rings. The Morgan fingerprint density at radius 3 is 2.62 bits per heavy atom. The maximum Gasteiger partial charge on any atom is 0.234 e. The summed E-state index contributed by atoms with van der Waals surface area (Å²) < 4.78 is 28.4. The third-order valence-corrected chi connectivity index (χ3v) is 6.95. The minimum atomic E-state index is -2.86. The van der Waals surface area contributed by atoms with Gasteiger partial charge in [0.1, 0.15) is 0 Å². The molecule has 2 saturated heterocycles. The molecule has 0 bridgehead atoms. The topological polar surface area (TPSA) is 92.5 Å². The molecule has 2 fully saturated rings. The Kier molecular flexibility index (Phi) is 4.96. The highest BCUT2D eigenvalue weighted by atomic mass is 32.2. The minimum Gasteiger partial charge on any atom is -0.338 e. The van der Waals surface area contributed by atoms with Crippen LogP contribution in [0.1, 0.15) is 37.4 Å². The number of aryl methyl sites for hydroxylation is 1. The first-order chi connectivity index (χ1) is 11.4. The number of nitrogens with one attached hydrogen (secondary N) is 1. The van der Waals surface area contributed by atoms with Crippen LogP contribution >= 0.6 is 0 Å². The van der Waals surface area contributed by atoms with Crippen LogP contribution in [0, 0.1) is 12.8 Å². The van der Waals surface area contributed by atoms with Crippen LogP contribution in [-0.4, -0.2) is 55.0 Å². The molecular formula is C16H25N3O4S. The first-order valence-corrected chi connectivity index (χ1v) is 10.4. The number of rotatable bonds is 4. The molecule has 1 aromatic heterocycles. The molecule has 3 heterocycles. The standard InChI is InChI=1S/C16H25N3O4S/c1-3-14-11(2)18-23-16(14)17-15(20)12-4-7-19(8-5-12)13-6-9-24(21,22)10-13/h12-13H,3-10H2,1-2H3,(H,17,20). The van der Waals surface area contributed by atoms with Gasteiger partial charge in [-0.1, -0.05) is 12.1 Å². The van der Waals surface area contributed by atoms with E-state index in [0.29, 0.717) is 11.6 Å². The summed E-state index contributed by atoms with van der Waals surface area (Å²) in [4.78, 5) is 14.7. The smallest absolute Gasteiger partial charge is 0.234 e. The van der Waals surface area contributed by atoms with Gasteiger partial charge in [-0.05, 0) is 45.7 Å². The fourth-order valence-corrected chi connectivity index (χ4v) is 5.47. The van der Waals surface area contributed by atoms with Gasteiger partial charge in [0.15, 0.2) is 9.84 Å². The minimum absolute atomic E-state index is 0.0282. The second kappa shape index (κ2) is 6.84. The molecule has 3 rings (SSSR count). The number of hydrogen-bond donors (Lipinski definition) is 1. The van der Waals surface area contributed by atoms with Crippen molar-refractivity contribution in [2.45, 2.75) is 45.6 Å². The van der Waals surface area contributed by atoms with E-state index in [1.165, 1.54) is 0 Å².